The fourth-order valence-corrected chi connectivity index (χ4v) is 2.86. The van der Waals surface area contributed by atoms with E-state index in [1.807, 2.05) is 31.4 Å². The minimum atomic E-state index is -0.281. The normalized spacial score (nSPS) is 10.3. The van der Waals surface area contributed by atoms with E-state index >= 15 is 0 Å². The highest BCUT2D eigenvalue weighted by Gasteiger charge is 2.11. The number of hydrogen-bond donors (Lipinski definition) is 2. The molecule has 0 spiro atoms. The molecule has 0 aliphatic rings. The van der Waals surface area contributed by atoms with E-state index in [9.17, 15) is 4.39 Å². The zero-order valence-corrected chi connectivity index (χ0v) is 12.9. The number of anilines is 2. The van der Waals surface area contributed by atoms with Crippen molar-refractivity contribution in [1.82, 2.24) is 0 Å². The fourth-order valence-electron chi connectivity index (χ4n) is 1.93. The molecular formula is C15H15FN2S2. The summed E-state index contributed by atoms with van der Waals surface area (Å²) >= 11 is 6.70. The molecule has 0 aromatic heterocycles. The predicted octanol–water partition coefficient (Wildman–Crippen LogP) is 4.23. The van der Waals surface area contributed by atoms with Gasteiger partial charge < -0.3 is 11.1 Å². The zero-order valence-electron chi connectivity index (χ0n) is 11.2. The molecular weight excluding hydrogens is 291 g/mol. The number of benzene rings is 2. The predicted molar refractivity (Wildman–Crippen MR) is 88.5 cm³/mol. The van der Waals surface area contributed by atoms with Crippen molar-refractivity contribution in [3.63, 3.8) is 0 Å². The number of hydrogen-bond acceptors (Lipinski definition) is 3. The summed E-state index contributed by atoms with van der Waals surface area (Å²) in [5, 5.41) is 3.22. The Bertz CT molecular complexity index is 656. The largest absolute Gasteiger partial charge is 0.389 e. The highest BCUT2D eigenvalue weighted by Crippen LogP contribution is 2.30. The number of aryl methyl sites for hydroxylation is 1. The van der Waals surface area contributed by atoms with Crippen molar-refractivity contribution in [1.29, 1.82) is 0 Å². The van der Waals surface area contributed by atoms with Crippen LogP contribution in [0.3, 0.4) is 0 Å². The van der Waals surface area contributed by atoms with Gasteiger partial charge in [-0.25, -0.2) is 4.39 Å². The Morgan fingerprint density at radius 2 is 2.00 bits per heavy atom. The highest BCUT2D eigenvalue weighted by atomic mass is 32.2. The van der Waals surface area contributed by atoms with Crippen LogP contribution in [-0.2, 0) is 0 Å². The molecule has 0 amide bonds. The minimum Gasteiger partial charge on any atom is -0.389 e. The smallest absolute Gasteiger partial charge is 0.125 e. The van der Waals surface area contributed by atoms with Crippen molar-refractivity contribution in [2.75, 3.05) is 11.6 Å². The van der Waals surface area contributed by atoms with Gasteiger partial charge in [-0.15, -0.1) is 11.8 Å². The van der Waals surface area contributed by atoms with Crippen molar-refractivity contribution < 1.29 is 4.39 Å². The number of thioether (sulfide) groups is 1. The molecule has 2 rings (SSSR count). The summed E-state index contributed by atoms with van der Waals surface area (Å²) in [7, 11) is 0. The van der Waals surface area contributed by atoms with Crippen LogP contribution in [0.2, 0.25) is 0 Å². The molecule has 2 nitrogen and oxygen atoms in total. The second kappa shape index (κ2) is 6.24. The monoisotopic (exact) mass is 306 g/mol. The molecule has 5 heteroatoms. The van der Waals surface area contributed by atoms with Crippen molar-refractivity contribution in [2.24, 2.45) is 5.73 Å². The summed E-state index contributed by atoms with van der Waals surface area (Å²) in [6.45, 7) is 1.92. The van der Waals surface area contributed by atoms with Gasteiger partial charge >= 0.3 is 0 Å². The van der Waals surface area contributed by atoms with Gasteiger partial charge in [-0.1, -0.05) is 24.4 Å². The van der Waals surface area contributed by atoms with Crippen LogP contribution in [0.4, 0.5) is 15.8 Å². The van der Waals surface area contributed by atoms with Crippen molar-refractivity contribution in [3.05, 3.63) is 53.3 Å². The van der Waals surface area contributed by atoms with Gasteiger partial charge in [0.1, 0.15) is 10.8 Å². The maximum Gasteiger partial charge on any atom is 0.125 e. The van der Waals surface area contributed by atoms with Crippen LogP contribution >= 0.6 is 24.0 Å². The molecule has 3 N–H and O–H groups in total. The molecule has 20 heavy (non-hydrogen) atoms. The number of nitrogens with one attached hydrogen (secondary N) is 1. The van der Waals surface area contributed by atoms with E-state index in [4.69, 9.17) is 18.0 Å². The van der Waals surface area contributed by atoms with Gasteiger partial charge in [0.2, 0.25) is 0 Å². The zero-order chi connectivity index (χ0) is 14.7. The van der Waals surface area contributed by atoms with Gasteiger partial charge in [0.15, 0.2) is 0 Å². The van der Waals surface area contributed by atoms with E-state index in [2.05, 4.69) is 5.32 Å². The summed E-state index contributed by atoms with van der Waals surface area (Å²) in [6.07, 6.45) is 1.97. The Balaban J connectivity index is 2.48. The third-order valence-corrected chi connectivity index (χ3v) is 3.95. The maximum absolute atomic E-state index is 13.4. The molecule has 104 valence electrons. The SMILES string of the molecule is CSc1cccc(Nc2cc(F)ccc2C)c1C(N)=S. The van der Waals surface area contributed by atoms with Crippen LogP contribution in [0, 0.1) is 12.7 Å². The molecule has 2 aromatic rings. The van der Waals surface area contributed by atoms with E-state index in [1.54, 1.807) is 17.8 Å². The van der Waals surface area contributed by atoms with Gasteiger partial charge in [-0.3, -0.25) is 0 Å². The molecule has 0 saturated carbocycles. The summed E-state index contributed by atoms with van der Waals surface area (Å²) in [4.78, 5) is 1.32. The fraction of sp³-hybridized carbons (Fsp3) is 0.133. The van der Waals surface area contributed by atoms with Crippen LogP contribution in [0.25, 0.3) is 0 Å². The first-order valence-corrected chi connectivity index (χ1v) is 7.66. The van der Waals surface area contributed by atoms with Crippen molar-refractivity contribution in [2.45, 2.75) is 11.8 Å². The Morgan fingerprint density at radius 1 is 1.25 bits per heavy atom. The van der Waals surface area contributed by atoms with E-state index in [1.165, 1.54) is 12.1 Å². The number of halogens is 1. The third kappa shape index (κ3) is 3.11. The number of thiocarbonyl (C=S) groups is 1. The van der Waals surface area contributed by atoms with Crippen molar-refractivity contribution in [3.8, 4) is 0 Å². The Hall–Kier alpha value is -1.59. The lowest BCUT2D eigenvalue weighted by Crippen LogP contribution is -2.13. The van der Waals surface area contributed by atoms with E-state index in [-0.39, 0.29) is 5.82 Å². The van der Waals surface area contributed by atoms with Gasteiger partial charge in [-0.05, 0) is 43.0 Å². The average molecular weight is 306 g/mol. The van der Waals surface area contributed by atoms with Crippen LogP contribution in [0.1, 0.15) is 11.1 Å². The quantitative estimate of drug-likeness (QED) is 0.655. The van der Waals surface area contributed by atoms with Crippen molar-refractivity contribution >= 4 is 40.3 Å². The van der Waals surface area contributed by atoms with Gasteiger partial charge in [0.05, 0.1) is 0 Å². The van der Waals surface area contributed by atoms with Gasteiger partial charge in [0.25, 0.3) is 0 Å². The maximum atomic E-state index is 13.4. The molecule has 0 fully saturated rings. The average Bonchev–Trinajstić information content (AvgIpc) is 2.42. The van der Waals surface area contributed by atoms with E-state index in [0.29, 0.717) is 10.7 Å². The number of nitrogens with two attached hydrogens (primary N) is 1. The summed E-state index contributed by atoms with van der Waals surface area (Å²) in [5.41, 5.74) is 9.06. The molecule has 0 radical (unpaired) electrons. The standard InChI is InChI=1S/C15H15FN2S2/c1-9-6-7-10(16)8-12(9)18-11-4-3-5-13(20-2)14(11)15(17)19/h3-8,18H,1-2H3,(H2,17,19). The van der Waals surface area contributed by atoms with Gasteiger partial charge in [-0.2, -0.15) is 0 Å². The number of rotatable bonds is 4. The van der Waals surface area contributed by atoms with Crippen LogP contribution in [0.15, 0.2) is 41.3 Å². The lowest BCUT2D eigenvalue weighted by atomic mass is 10.1. The highest BCUT2D eigenvalue weighted by molar-refractivity contribution is 7.98. The third-order valence-electron chi connectivity index (χ3n) is 2.96. The Kier molecular flexibility index (Phi) is 4.62. The molecule has 0 bridgehead atoms. The molecule has 0 aliphatic heterocycles. The second-order valence-corrected chi connectivity index (χ2v) is 5.62. The summed E-state index contributed by atoms with van der Waals surface area (Å²) in [6, 6.07) is 10.4. The first-order valence-electron chi connectivity index (χ1n) is 6.03. The van der Waals surface area contributed by atoms with Crippen LogP contribution in [0.5, 0.6) is 0 Å². The molecule has 0 saturated heterocycles. The molecule has 0 aliphatic carbocycles. The molecule has 0 unspecified atom stereocenters. The van der Waals surface area contributed by atoms with Gasteiger partial charge in [0, 0.05) is 21.8 Å². The molecule has 0 heterocycles. The Morgan fingerprint density at radius 3 is 2.65 bits per heavy atom. The summed E-state index contributed by atoms with van der Waals surface area (Å²) < 4.78 is 13.4. The van der Waals surface area contributed by atoms with E-state index < -0.39 is 0 Å². The topological polar surface area (TPSA) is 38.0 Å². The first kappa shape index (κ1) is 14.8. The van der Waals surface area contributed by atoms with Crippen LogP contribution < -0.4 is 11.1 Å². The van der Waals surface area contributed by atoms with Crippen LogP contribution in [-0.4, -0.2) is 11.2 Å². The Labute approximate surface area is 127 Å². The molecule has 0 atom stereocenters. The lowest BCUT2D eigenvalue weighted by molar-refractivity contribution is 0.628. The van der Waals surface area contributed by atoms with E-state index in [0.717, 1.165) is 21.7 Å². The minimum absolute atomic E-state index is 0.281. The summed E-state index contributed by atoms with van der Waals surface area (Å²) in [5.74, 6) is -0.281. The first-order chi connectivity index (χ1) is 9.52. The second-order valence-electron chi connectivity index (χ2n) is 4.33. The lowest BCUT2D eigenvalue weighted by Gasteiger charge is -2.15. The molecule has 2 aromatic carbocycles.